The topological polar surface area (TPSA) is 79.5 Å². The lowest BCUT2D eigenvalue weighted by Gasteiger charge is -2.14. The predicted octanol–water partition coefficient (Wildman–Crippen LogP) is -0.889. The van der Waals surface area contributed by atoms with Crippen LogP contribution in [0.2, 0.25) is 0 Å². The Morgan fingerprint density at radius 2 is 2.06 bits per heavy atom. The zero-order chi connectivity index (χ0) is 13.4. The van der Waals surface area contributed by atoms with Gasteiger partial charge in [-0.15, -0.1) is 0 Å². The Bertz CT molecular complexity index is 284. The molecule has 2 unspecified atom stereocenters. The first-order valence-electron chi connectivity index (χ1n) is 6.39. The van der Waals surface area contributed by atoms with E-state index in [1.54, 1.807) is 7.11 Å². The van der Waals surface area contributed by atoms with E-state index in [4.69, 9.17) is 4.74 Å². The molecule has 0 aromatic heterocycles. The second-order valence-electron chi connectivity index (χ2n) is 4.63. The number of amides is 2. The standard InChI is InChI=1S/C12H23N3O3/c1-9-7-13-8-10(9)12(17)15-4-3-11(16)14-5-6-18-2/h9-10,13H,3-8H2,1-2H3,(H,14,16)(H,15,17). The molecule has 18 heavy (non-hydrogen) atoms. The highest BCUT2D eigenvalue weighted by atomic mass is 16.5. The molecule has 2 amide bonds. The van der Waals surface area contributed by atoms with Crippen LogP contribution in [-0.4, -0.2) is 51.7 Å². The molecule has 1 heterocycles. The van der Waals surface area contributed by atoms with E-state index in [1.165, 1.54) is 0 Å². The minimum atomic E-state index is -0.0649. The molecule has 0 radical (unpaired) electrons. The third kappa shape index (κ3) is 5.01. The third-order valence-electron chi connectivity index (χ3n) is 3.13. The van der Waals surface area contributed by atoms with Gasteiger partial charge in [0.2, 0.25) is 11.8 Å². The summed E-state index contributed by atoms with van der Waals surface area (Å²) in [5.74, 6) is 0.365. The molecule has 1 aliphatic heterocycles. The van der Waals surface area contributed by atoms with Gasteiger partial charge in [0.05, 0.1) is 12.5 Å². The molecule has 1 fully saturated rings. The second-order valence-corrected chi connectivity index (χ2v) is 4.63. The van der Waals surface area contributed by atoms with E-state index in [0.717, 1.165) is 13.1 Å². The summed E-state index contributed by atoms with van der Waals surface area (Å²) in [6.45, 7) is 5.07. The molecule has 1 rings (SSSR count). The Labute approximate surface area is 108 Å². The lowest BCUT2D eigenvalue weighted by Crippen LogP contribution is -2.37. The summed E-state index contributed by atoms with van der Waals surface area (Å²) >= 11 is 0. The van der Waals surface area contributed by atoms with Crippen LogP contribution < -0.4 is 16.0 Å². The maximum Gasteiger partial charge on any atom is 0.224 e. The van der Waals surface area contributed by atoms with Gasteiger partial charge in [-0.2, -0.15) is 0 Å². The molecular formula is C12H23N3O3. The molecule has 0 aromatic carbocycles. The minimum Gasteiger partial charge on any atom is -0.383 e. The summed E-state index contributed by atoms with van der Waals surface area (Å²) in [4.78, 5) is 23.1. The van der Waals surface area contributed by atoms with Gasteiger partial charge in [-0.3, -0.25) is 9.59 Å². The maximum absolute atomic E-state index is 11.8. The van der Waals surface area contributed by atoms with Crippen molar-refractivity contribution < 1.29 is 14.3 Å². The van der Waals surface area contributed by atoms with Crippen LogP contribution in [0.15, 0.2) is 0 Å². The van der Waals surface area contributed by atoms with E-state index >= 15 is 0 Å². The third-order valence-corrected chi connectivity index (χ3v) is 3.13. The first kappa shape index (κ1) is 14.9. The fraction of sp³-hybridized carbons (Fsp3) is 0.833. The summed E-state index contributed by atoms with van der Waals surface area (Å²) < 4.78 is 4.82. The largest absolute Gasteiger partial charge is 0.383 e. The van der Waals surface area contributed by atoms with Crippen LogP contribution in [0, 0.1) is 11.8 Å². The zero-order valence-corrected chi connectivity index (χ0v) is 11.1. The van der Waals surface area contributed by atoms with Crippen molar-refractivity contribution in [2.75, 3.05) is 39.9 Å². The number of nitrogens with one attached hydrogen (secondary N) is 3. The number of ether oxygens (including phenoxy) is 1. The maximum atomic E-state index is 11.8. The summed E-state index contributed by atoms with van der Waals surface area (Å²) in [5.41, 5.74) is 0. The Morgan fingerprint density at radius 3 is 2.67 bits per heavy atom. The van der Waals surface area contributed by atoms with Crippen LogP contribution >= 0.6 is 0 Å². The van der Waals surface area contributed by atoms with Crippen LogP contribution in [0.5, 0.6) is 0 Å². The van der Waals surface area contributed by atoms with E-state index in [-0.39, 0.29) is 17.7 Å². The highest BCUT2D eigenvalue weighted by Crippen LogP contribution is 2.15. The number of hydrogen-bond donors (Lipinski definition) is 3. The molecule has 2 atom stereocenters. The van der Waals surface area contributed by atoms with E-state index in [1.807, 2.05) is 0 Å². The molecule has 3 N–H and O–H groups in total. The van der Waals surface area contributed by atoms with Gasteiger partial charge in [0.25, 0.3) is 0 Å². The Balaban J connectivity index is 2.09. The lowest BCUT2D eigenvalue weighted by molar-refractivity contribution is -0.125. The Morgan fingerprint density at radius 1 is 1.28 bits per heavy atom. The summed E-state index contributed by atoms with van der Waals surface area (Å²) in [5, 5.41) is 8.70. The van der Waals surface area contributed by atoms with Crippen molar-refractivity contribution in [1.29, 1.82) is 0 Å². The molecule has 1 saturated heterocycles. The quantitative estimate of drug-likeness (QED) is 0.517. The van der Waals surface area contributed by atoms with Crippen molar-refractivity contribution >= 4 is 11.8 Å². The van der Waals surface area contributed by atoms with Crippen LogP contribution in [0.1, 0.15) is 13.3 Å². The number of methoxy groups -OCH3 is 1. The van der Waals surface area contributed by atoms with Crippen molar-refractivity contribution in [3.05, 3.63) is 0 Å². The number of carbonyl (C=O) groups is 2. The molecular weight excluding hydrogens is 234 g/mol. The molecule has 6 heteroatoms. The monoisotopic (exact) mass is 257 g/mol. The van der Waals surface area contributed by atoms with Gasteiger partial charge >= 0.3 is 0 Å². The Kier molecular flexibility index (Phi) is 6.67. The molecule has 0 bridgehead atoms. The highest BCUT2D eigenvalue weighted by Gasteiger charge is 2.29. The number of hydrogen-bond acceptors (Lipinski definition) is 4. The van der Waals surface area contributed by atoms with Gasteiger partial charge in [-0.1, -0.05) is 6.92 Å². The summed E-state index contributed by atoms with van der Waals surface area (Å²) in [6.07, 6.45) is 0.310. The van der Waals surface area contributed by atoms with Gasteiger partial charge in [0, 0.05) is 33.2 Å². The van der Waals surface area contributed by atoms with Crippen LogP contribution in [0.3, 0.4) is 0 Å². The molecule has 104 valence electrons. The minimum absolute atomic E-state index is 0.0292. The first-order chi connectivity index (χ1) is 8.65. The smallest absolute Gasteiger partial charge is 0.224 e. The van der Waals surface area contributed by atoms with Crippen molar-refractivity contribution in [3.8, 4) is 0 Å². The van der Waals surface area contributed by atoms with Gasteiger partial charge < -0.3 is 20.7 Å². The van der Waals surface area contributed by atoms with Crippen LogP contribution in [0.25, 0.3) is 0 Å². The molecule has 0 spiro atoms. The van der Waals surface area contributed by atoms with Gasteiger partial charge in [-0.05, 0) is 12.5 Å². The summed E-state index contributed by atoms with van der Waals surface area (Å²) in [7, 11) is 1.59. The van der Waals surface area contributed by atoms with Gasteiger partial charge in [0.15, 0.2) is 0 Å². The summed E-state index contributed by atoms with van der Waals surface area (Å²) in [6, 6.07) is 0. The number of carbonyl (C=O) groups excluding carboxylic acids is 2. The highest BCUT2D eigenvalue weighted by molar-refractivity contribution is 5.81. The Hall–Kier alpha value is -1.14. The van der Waals surface area contributed by atoms with E-state index < -0.39 is 0 Å². The van der Waals surface area contributed by atoms with E-state index in [0.29, 0.717) is 32.0 Å². The average molecular weight is 257 g/mol. The predicted molar refractivity (Wildman–Crippen MR) is 68.0 cm³/mol. The molecule has 0 aliphatic carbocycles. The number of rotatable bonds is 7. The van der Waals surface area contributed by atoms with Crippen LogP contribution in [-0.2, 0) is 14.3 Å². The van der Waals surface area contributed by atoms with Crippen LogP contribution in [0.4, 0.5) is 0 Å². The van der Waals surface area contributed by atoms with E-state index in [2.05, 4.69) is 22.9 Å². The molecule has 6 nitrogen and oxygen atoms in total. The molecule has 0 saturated carbocycles. The van der Waals surface area contributed by atoms with Crippen molar-refractivity contribution in [2.45, 2.75) is 13.3 Å². The van der Waals surface area contributed by atoms with Gasteiger partial charge in [-0.25, -0.2) is 0 Å². The fourth-order valence-electron chi connectivity index (χ4n) is 1.97. The average Bonchev–Trinajstić information content (AvgIpc) is 2.76. The first-order valence-corrected chi connectivity index (χ1v) is 6.39. The zero-order valence-electron chi connectivity index (χ0n) is 11.1. The molecule has 0 aromatic rings. The molecule has 1 aliphatic rings. The van der Waals surface area contributed by atoms with Crippen molar-refractivity contribution in [1.82, 2.24) is 16.0 Å². The second kappa shape index (κ2) is 8.05. The fourth-order valence-corrected chi connectivity index (χ4v) is 1.97. The lowest BCUT2D eigenvalue weighted by atomic mass is 9.97. The normalized spacial score (nSPS) is 22.8. The van der Waals surface area contributed by atoms with Crippen molar-refractivity contribution in [3.63, 3.8) is 0 Å². The van der Waals surface area contributed by atoms with E-state index in [9.17, 15) is 9.59 Å². The van der Waals surface area contributed by atoms with Gasteiger partial charge in [0.1, 0.15) is 0 Å². The van der Waals surface area contributed by atoms with Crippen molar-refractivity contribution in [2.24, 2.45) is 11.8 Å². The SMILES string of the molecule is COCCNC(=O)CCNC(=O)C1CNCC1C.